The molecule has 0 amide bonds. The Kier molecular flexibility index (Phi) is 5.12. The summed E-state index contributed by atoms with van der Waals surface area (Å²) < 4.78 is 10.3. The van der Waals surface area contributed by atoms with Crippen LogP contribution >= 0.6 is 0 Å². The number of rotatable bonds is 6. The molecule has 0 heterocycles. The van der Waals surface area contributed by atoms with Crippen LogP contribution in [0.2, 0.25) is 0 Å². The van der Waals surface area contributed by atoms with E-state index in [0.717, 1.165) is 18.0 Å². The number of hydrogen-bond donors (Lipinski definition) is 1. The first kappa shape index (κ1) is 12.8. The summed E-state index contributed by atoms with van der Waals surface area (Å²) in [5.74, 6) is 1.40. The second-order valence-electron chi connectivity index (χ2n) is 4.03. The van der Waals surface area contributed by atoms with Gasteiger partial charge in [-0.1, -0.05) is 19.9 Å². The standard InChI is InChI=1S/C13H21NO2/c1-10(2)11-5-6-13(16-4)12(9-11)14-7-8-15-3/h5-6,9-10,14H,7-8H2,1-4H3. The van der Waals surface area contributed by atoms with E-state index in [1.807, 2.05) is 6.07 Å². The monoisotopic (exact) mass is 223 g/mol. The van der Waals surface area contributed by atoms with Crippen LogP contribution in [0.15, 0.2) is 18.2 Å². The van der Waals surface area contributed by atoms with Crippen LogP contribution in [-0.2, 0) is 4.74 Å². The largest absolute Gasteiger partial charge is 0.495 e. The first-order chi connectivity index (χ1) is 7.69. The van der Waals surface area contributed by atoms with E-state index in [4.69, 9.17) is 9.47 Å². The minimum atomic E-state index is 0.522. The molecular formula is C13H21NO2. The fourth-order valence-corrected chi connectivity index (χ4v) is 1.51. The van der Waals surface area contributed by atoms with Gasteiger partial charge in [-0.3, -0.25) is 0 Å². The molecule has 0 spiro atoms. The maximum atomic E-state index is 5.31. The number of nitrogens with one attached hydrogen (secondary N) is 1. The Hall–Kier alpha value is -1.22. The summed E-state index contributed by atoms with van der Waals surface area (Å²) in [6.07, 6.45) is 0. The minimum Gasteiger partial charge on any atom is -0.495 e. The number of ether oxygens (including phenoxy) is 2. The maximum absolute atomic E-state index is 5.31. The lowest BCUT2D eigenvalue weighted by Crippen LogP contribution is -2.09. The molecule has 0 saturated carbocycles. The summed E-state index contributed by atoms with van der Waals surface area (Å²) in [4.78, 5) is 0. The summed E-state index contributed by atoms with van der Waals surface area (Å²) in [5, 5.41) is 3.31. The van der Waals surface area contributed by atoms with Crippen molar-refractivity contribution in [2.45, 2.75) is 19.8 Å². The number of hydrogen-bond acceptors (Lipinski definition) is 3. The summed E-state index contributed by atoms with van der Waals surface area (Å²) in [6.45, 7) is 5.84. The molecule has 0 aliphatic heterocycles. The molecular weight excluding hydrogens is 202 g/mol. The molecule has 0 fully saturated rings. The molecule has 1 aromatic rings. The molecule has 3 heteroatoms. The van der Waals surface area contributed by atoms with Crippen molar-refractivity contribution in [2.75, 3.05) is 32.7 Å². The van der Waals surface area contributed by atoms with Crippen LogP contribution in [-0.4, -0.2) is 27.4 Å². The van der Waals surface area contributed by atoms with Gasteiger partial charge in [-0.05, 0) is 23.6 Å². The molecule has 0 bridgehead atoms. The topological polar surface area (TPSA) is 30.5 Å². The van der Waals surface area contributed by atoms with Gasteiger partial charge in [0.15, 0.2) is 0 Å². The fourth-order valence-electron chi connectivity index (χ4n) is 1.51. The minimum absolute atomic E-state index is 0.522. The molecule has 90 valence electrons. The van der Waals surface area contributed by atoms with E-state index < -0.39 is 0 Å². The first-order valence-corrected chi connectivity index (χ1v) is 5.59. The molecule has 0 aliphatic rings. The molecule has 1 aromatic carbocycles. The van der Waals surface area contributed by atoms with Gasteiger partial charge in [-0.2, -0.15) is 0 Å². The highest BCUT2D eigenvalue weighted by molar-refractivity contribution is 5.58. The summed E-state index contributed by atoms with van der Waals surface area (Å²) in [5.41, 5.74) is 2.34. The van der Waals surface area contributed by atoms with Gasteiger partial charge in [-0.15, -0.1) is 0 Å². The Bertz CT molecular complexity index is 324. The third-order valence-corrected chi connectivity index (χ3v) is 2.51. The van der Waals surface area contributed by atoms with E-state index in [1.54, 1.807) is 14.2 Å². The lowest BCUT2D eigenvalue weighted by atomic mass is 10.0. The lowest BCUT2D eigenvalue weighted by molar-refractivity contribution is 0.210. The normalized spacial score (nSPS) is 10.6. The van der Waals surface area contributed by atoms with Crippen molar-refractivity contribution in [3.8, 4) is 5.75 Å². The Morgan fingerprint density at radius 2 is 2.00 bits per heavy atom. The van der Waals surface area contributed by atoms with Gasteiger partial charge in [0.25, 0.3) is 0 Å². The van der Waals surface area contributed by atoms with Gasteiger partial charge in [-0.25, -0.2) is 0 Å². The Morgan fingerprint density at radius 1 is 1.25 bits per heavy atom. The highest BCUT2D eigenvalue weighted by Crippen LogP contribution is 2.28. The van der Waals surface area contributed by atoms with Crippen molar-refractivity contribution in [2.24, 2.45) is 0 Å². The summed E-state index contributed by atoms with van der Waals surface area (Å²) in [7, 11) is 3.38. The zero-order valence-corrected chi connectivity index (χ0v) is 10.5. The van der Waals surface area contributed by atoms with E-state index in [2.05, 4.69) is 31.3 Å². The molecule has 0 aliphatic carbocycles. The molecule has 16 heavy (non-hydrogen) atoms. The van der Waals surface area contributed by atoms with Crippen molar-refractivity contribution >= 4 is 5.69 Å². The second-order valence-corrected chi connectivity index (χ2v) is 4.03. The molecule has 0 unspecified atom stereocenters. The molecule has 1 N–H and O–H groups in total. The zero-order valence-electron chi connectivity index (χ0n) is 10.5. The Morgan fingerprint density at radius 3 is 2.56 bits per heavy atom. The van der Waals surface area contributed by atoms with Crippen molar-refractivity contribution in [3.63, 3.8) is 0 Å². The summed E-state index contributed by atoms with van der Waals surface area (Å²) >= 11 is 0. The van der Waals surface area contributed by atoms with E-state index in [-0.39, 0.29) is 0 Å². The maximum Gasteiger partial charge on any atom is 0.141 e. The Balaban J connectivity index is 2.80. The van der Waals surface area contributed by atoms with Crippen LogP contribution in [0, 0.1) is 0 Å². The fraction of sp³-hybridized carbons (Fsp3) is 0.538. The van der Waals surface area contributed by atoms with Crippen LogP contribution < -0.4 is 10.1 Å². The van der Waals surface area contributed by atoms with E-state index in [0.29, 0.717) is 12.5 Å². The Labute approximate surface area is 97.8 Å². The van der Waals surface area contributed by atoms with E-state index >= 15 is 0 Å². The molecule has 1 rings (SSSR count). The molecule has 0 radical (unpaired) electrons. The average Bonchev–Trinajstić information content (AvgIpc) is 2.29. The van der Waals surface area contributed by atoms with Crippen molar-refractivity contribution in [3.05, 3.63) is 23.8 Å². The highest BCUT2D eigenvalue weighted by Gasteiger charge is 2.06. The average molecular weight is 223 g/mol. The zero-order chi connectivity index (χ0) is 12.0. The van der Waals surface area contributed by atoms with Crippen molar-refractivity contribution in [1.29, 1.82) is 0 Å². The number of anilines is 1. The van der Waals surface area contributed by atoms with Gasteiger partial charge in [0.05, 0.1) is 19.4 Å². The third-order valence-electron chi connectivity index (χ3n) is 2.51. The van der Waals surface area contributed by atoms with Crippen LogP contribution in [0.3, 0.4) is 0 Å². The molecule has 0 saturated heterocycles. The van der Waals surface area contributed by atoms with Gasteiger partial charge in [0.1, 0.15) is 5.75 Å². The predicted octanol–water partition coefficient (Wildman–Crippen LogP) is 2.88. The van der Waals surface area contributed by atoms with Crippen LogP contribution in [0.4, 0.5) is 5.69 Å². The quantitative estimate of drug-likeness (QED) is 0.752. The molecule has 0 atom stereocenters. The first-order valence-electron chi connectivity index (χ1n) is 5.59. The lowest BCUT2D eigenvalue weighted by Gasteiger charge is -2.14. The van der Waals surface area contributed by atoms with Crippen molar-refractivity contribution < 1.29 is 9.47 Å². The van der Waals surface area contributed by atoms with Crippen LogP contribution in [0.5, 0.6) is 5.75 Å². The van der Waals surface area contributed by atoms with Crippen LogP contribution in [0.25, 0.3) is 0 Å². The second kappa shape index (κ2) is 6.38. The molecule has 0 aromatic heterocycles. The SMILES string of the molecule is COCCNc1cc(C(C)C)ccc1OC. The van der Waals surface area contributed by atoms with E-state index in [1.165, 1.54) is 5.56 Å². The van der Waals surface area contributed by atoms with E-state index in [9.17, 15) is 0 Å². The van der Waals surface area contributed by atoms with Gasteiger partial charge in [0, 0.05) is 13.7 Å². The summed E-state index contributed by atoms with van der Waals surface area (Å²) in [6, 6.07) is 6.24. The predicted molar refractivity (Wildman–Crippen MR) is 67.4 cm³/mol. The smallest absolute Gasteiger partial charge is 0.141 e. The number of benzene rings is 1. The van der Waals surface area contributed by atoms with Gasteiger partial charge >= 0.3 is 0 Å². The molecule has 3 nitrogen and oxygen atoms in total. The van der Waals surface area contributed by atoms with Crippen LogP contribution in [0.1, 0.15) is 25.3 Å². The highest BCUT2D eigenvalue weighted by atomic mass is 16.5. The van der Waals surface area contributed by atoms with Crippen molar-refractivity contribution in [1.82, 2.24) is 0 Å². The number of methoxy groups -OCH3 is 2. The van der Waals surface area contributed by atoms with Gasteiger partial charge in [0.2, 0.25) is 0 Å². The third kappa shape index (κ3) is 3.42. The van der Waals surface area contributed by atoms with Gasteiger partial charge < -0.3 is 14.8 Å².